The van der Waals surface area contributed by atoms with Crippen LogP contribution in [0.15, 0.2) is 36.7 Å². The first-order valence-corrected chi connectivity index (χ1v) is 14.6. The van der Waals surface area contributed by atoms with Crippen molar-refractivity contribution >= 4 is 45.8 Å². The van der Waals surface area contributed by atoms with Gasteiger partial charge in [-0.25, -0.2) is 14.9 Å². The number of rotatable bonds is 9. The molecule has 3 atom stereocenters. The van der Waals surface area contributed by atoms with Crippen molar-refractivity contribution < 1.29 is 28.6 Å². The van der Waals surface area contributed by atoms with Gasteiger partial charge in [-0.2, -0.15) is 0 Å². The smallest absolute Gasteiger partial charge is 0.257 e. The second kappa shape index (κ2) is 12.6. The summed E-state index contributed by atoms with van der Waals surface area (Å²) in [6.45, 7) is 8.03. The van der Waals surface area contributed by atoms with Gasteiger partial charge in [0.25, 0.3) is 11.8 Å². The number of methoxy groups -OCH3 is 1. The van der Waals surface area contributed by atoms with Crippen molar-refractivity contribution in [3.05, 3.63) is 36.7 Å². The van der Waals surface area contributed by atoms with E-state index in [1.165, 1.54) is 13.4 Å². The number of imide groups is 1. The van der Waals surface area contributed by atoms with Crippen molar-refractivity contribution in [1.29, 1.82) is 0 Å². The van der Waals surface area contributed by atoms with Crippen LogP contribution in [0, 0.1) is 5.41 Å². The molecule has 44 heavy (non-hydrogen) atoms. The van der Waals surface area contributed by atoms with Crippen LogP contribution >= 0.6 is 0 Å². The highest BCUT2D eigenvalue weighted by molar-refractivity contribution is 6.20. The van der Waals surface area contributed by atoms with Gasteiger partial charge in [0.05, 0.1) is 30.4 Å². The maximum Gasteiger partial charge on any atom is 0.257 e. The number of hydrogen-bond acceptors (Lipinski definition) is 11. The van der Waals surface area contributed by atoms with E-state index in [-0.39, 0.29) is 24.1 Å². The number of nitrogens with zero attached hydrogens (tertiary/aromatic N) is 3. The molecule has 13 nitrogen and oxygen atoms in total. The minimum atomic E-state index is -1.03. The third kappa shape index (κ3) is 6.24. The number of ether oxygens (including phenoxy) is 3. The molecule has 2 aliphatic heterocycles. The van der Waals surface area contributed by atoms with E-state index in [1.807, 2.05) is 26.8 Å². The maximum absolute atomic E-state index is 14.5. The summed E-state index contributed by atoms with van der Waals surface area (Å²) in [5.41, 5.74) is 0.713. The van der Waals surface area contributed by atoms with E-state index in [2.05, 4.69) is 31.2 Å². The number of likely N-dealkylation sites (N-methyl/N-ethyl adjacent to an activating group) is 1. The lowest BCUT2D eigenvalue weighted by molar-refractivity contribution is -0.134. The molecule has 1 fully saturated rings. The number of carbonyl (C=O) groups excluding carboxylic acids is 3. The van der Waals surface area contributed by atoms with Gasteiger partial charge >= 0.3 is 0 Å². The Morgan fingerprint density at radius 3 is 2.57 bits per heavy atom. The number of fused-ring (bicyclic) bond motifs is 2. The van der Waals surface area contributed by atoms with Gasteiger partial charge in [-0.05, 0) is 57.0 Å². The summed E-state index contributed by atoms with van der Waals surface area (Å²) in [4.78, 5) is 51.7. The standard InChI is InChI=1S/C31H39N7O6/c1-17(32-5)28(39)37-26(31(2,3)4)30(41)38(29(40)20-8-7-11-33-20)22-13-19-21(14-24(22)42-6)34-15-35-27(19)36-18-9-10-23-25(12-18)44-16-43-23/h9-10,12-15,17,20,26,32-33H,7-8,11,16H2,1-6H3,(H,37,39)(H,34,35,36)/t17-,20-,26+/m0/s1. The van der Waals surface area contributed by atoms with Crippen LogP contribution in [-0.4, -0.2) is 73.3 Å². The van der Waals surface area contributed by atoms with E-state index in [1.54, 1.807) is 38.2 Å². The Bertz CT molecular complexity index is 1570. The zero-order chi connectivity index (χ0) is 31.6. The van der Waals surface area contributed by atoms with E-state index >= 15 is 0 Å². The van der Waals surface area contributed by atoms with Crippen LogP contribution in [0.3, 0.4) is 0 Å². The zero-order valence-electron chi connectivity index (χ0n) is 25.8. The normalized spacial score (nSPS) is 17.2. The third-order valence-corrected chi connectivity index (χ3v) is 7.84. The quantitative estimate of drug-likeness (QED) is 0.284. The van der Waals surface area contributed by atoms with Gasteiger partial charge in [-0.1, -0.05) is 20.8 Å². The minimum absolute atomic E-state index is 0.149. The number of amides is 3. The molecular formula is C31H39N7O6. The summed E-state index contributed by atoms with van der Waals surface area (Å²) in [6, 6.07) is 6.61. The van der Waals surface area contributed by atoms with Gasteiger partial charge in [-0.15, -0.1) is 0 Å². The zero-order valence-corrected chi connectivity index (χ0v) is 25.8. The molecule has 0 saturated carbocycles. The Balaban J connectivity index is 1.62. The molecule has 0 spiro atoms. The van der Waals surface area contributed by atoms with Crippen molar-refractivity contribution in [2.24, 2.45) is 5.41 Å². The van der Waals surface area contributed by atoms with Gasteiger partial charge < -0.3 is 35.5 Å². The Labute approximate surface area is 256 Å². The maximum atomic E-state index is 14.5. The van der Waals surface area contributed by atoms with E-state index in [9.17, 15) is 14.4 Å². The summed E-state index contributed by atoms with van der Waals surface area (Å²) in [5, 5.41) is 12.8. The van der Waals surface area contributed by atoms with E-state index in [4.69, 9.17) is 14.2 Å². The summed E-state index contributed by atoms with van der Waals surface area (Å²) in [7, 11) is 3.13. The van der Waals surface area contributed by atoms with Gasteiger partial charge in [-0.3, -0.25) is 14.4 Å². The fourth-order valence-corrected chi connectivity index (χ4v) is 5.19. The number of hydrogen-bond donors (Lipinski definition) is 4. The largest absolute Gasteiger partial charge is 0.494 e. The molecule has 13 heteroatoms. The van der Waals surface area contributed by atoms with Gasteiger partial charge in [0.15, 0.2) is 11.5 Å². The number of aromatic nitrogens is 2. The Morgan fingerprint density at radius 2 is 1.89 bits per heavy atom. The monoisotopic (exact) mass is 605 g/mol. The fraction of sp³-hybridized carbons (Fsp3) is 0.452. The topological polar surface area (TPSA) is 156 Å². The number of anilines is 3. The molecule has 1 aromatic heterocycles. The predicted molar refractivity (Wildman–Crippen MR) is 165 cm³/mol. The van der Waals surface area contributed by atoms with Crippen molar-refractivity contribution in [3.63, 3.8) is 0 Å². The van der Waals surface area contributed by atoms with Crippen LogP contribution in [0.5, 0.6) is 17.2 Å². The Hall–Kier alpha value is -4.49. The highest BCUT2D eigenvalue weighted by Crippen LogP contribution is 2.39. The average Bonchev–Trinajstić information content (AvgIpc) is 3.71. The van der Waals surface area contributed by atoms with E-state index in [0.717, 1.165) is 11.3 Å². The number of carbonyl (C=O) groups is 3. The lowest BCUT2D eigenvalue weighted by Gasteiger charge is -2.36. The molecule has 0 radical (unpaired) electrons. The molecule has 2 aliphatic rings. The van der Waals surface area contributed by atoms with Crippen LogP contribution in [0.2, 0.25) is 0 Å². The van der Waals surface area contributed by atoms with Crippen molar-refractivity contribution in [1.82, 2.24) is 25.9 Å². The Kier molecular flexibility index (Phi) is 8.88. The second-order valence-electron chi connectivity index (χ2n) is 11.9. The summed E-state index contributed by atoms with van der Waals surface area (Å²) in [6.07, 6.45) is 2.78. The lowest BCUT2D eigenvalue weighted by atomic mass is 9.85. The first-order chi connectivity index (χ1) is 21.0. The molecule has 1 saturated heterocycles. The summed E-state index contributed by atoms with van der Waals surface area (Å²) >= 11 is 0. The molecule has 4 N–H and O–H groups in total. The molecule has 0 unspecified atom stereocenters. The summed E-state index contributed by atoms with van der Waals surface area (Å²) in [5.74, 6) is 0.594. The van der Waals surface area contributed by atoms with E-state index in [0.29, 0.717) is 46.9 Å². The van der Waals surface area contributed by atoms with Crippen molar-refractivity contribution in [2.75, 3.05) is 37.7 Å². The molecule has 0 bridgehead atoms. The van der Waals surface area contributed by atoms with E-state index < -0.39 is 35.4 Å². The molecule has 234 valence electrons. The average molecular weight is 606 g/mol. The van der Waals surface area contributed by atoms with Crippen LogP contribution in [-0.2, 0) is 14.4 Å². The molecule has 3 heterocycles. The molecule has 0 aliphatic carbocycles. The SMILES string of the molecule is CN[C@@H](C)C(=O)N[C@H](C(=O)N(C(=O)[C@@H]1CCCN1)c1cc2c(Nc3ccc4c(c3)OCO4)ncnc2cc1OC)C(C)(C)C. The van der Waals surface area contributed by atoms with Crippen LogP contribution in [0.1, 0.15) is 40.5 Å². The van der Waals surface area contributed by atoms with Crippen LogP contribution in [0.25, 0.3) is 10.9 Å². The molecule has 3 aromatic rings. The van der Waals surface area contributed by atoms with Crippen LogP contribution < -0.4 is 40.4 Å². The second-order valence-corrected chi connectivity index (χ2v) is 11.9. The van der Waals surface area contributed by atoms with Gasteiger partial charge in [0, 0.05) is 23.2 Å². The first-order valence-electron chi connectivity index (χ1n) is 14.6. The molecule has 3 amide bonds. The molecular weight excluding hydrogens is 566 g/mol. The van der Waals surface area contributed by atoms with Gasteiger partial charge in [0.1, 0.15) is 23.9 Å². The van der Waals surface area contributed by atoms with Crippen LogP contribution in [0.4, 0.5) is 17.2 Å². The number of nitrogens with one attached hydrogen (secondary N) is 4. The highest BCUT2D eigenvalue weighted by Gasteiger charge is 2.42. The minimum Gasteiger partial charge on any atom is -0.494 e. The van der Waals surface area contributed by atoms with Gasteiger partial charge in [0.2, 0.25) is 12.7 Å². The number of benzene rings is 2. The Morgan fingerprint density at radius 1 is 1.11 bits per heavy atom. The third-order valence-electron chi connectivity index (χ3n) is 7.84. The van der Waals surface area contributed by atoms with Crippen molar-refractivity contribution in [2.45, 2.75) is 58.7 Å². The molecule has 2 aromatic carbocycles. The lowest BCUT2D eigenvalue weighted by Crippen LogP contribution is -2.60. The predicted octanol–water partition coefficient (Wildman–Crippen LogP) is 2.86. The highest BCUT2D eigenvalue weighted by atomic mass is 16.7. The van der Waals surface area contributed by atoms with Crippen molar-refractivity contribution in [3.8, 4) is 17.2 Å². The first kappa shape index (κ1) is 31.0. The molecule has 5 rings (SSSR count). The summed E-state index contributed by atoms with van der Waals surface area (Å²) < 4.78 is 16.7. The fourth-order valence-electron chi connectivity index (χ4n) is 5.19.